The zero-order valence-corrected chi connectivity index (χ0v) is 16.7. The van der Waals surface area contributed by atoms with Crippen LogP contribution >= 0.6 is 0 Å². The smallest absolute Gasteiger partial charge is 0.243 e. The number of amides is 2. The summed E-state index contributed by atoms with van der Waals surface area (Å²) < 4.78 is 7.74. The van der Waals surface area contributed by atoms with Crippen LogP contribution in [0.25, 0.3) is 5.69 Å². The average Bonchev–Trinajstić information content (AvgIpc) is 3.42. The summed E-state index contributed by atoms with van der Waals surface area (Å²) in [7, 11) is 0. The van der Waals surface area contributed by atoms with Gasteiger partial charge in [0.2, 0.25) is 11.8 Å². The molecule has 1 aliphatic rings. The molecule has 2 heterocycles. The molecule has 0 radical (unpaired) electrons. The van der Waals surface area contributed by atoms with Crippen molar-refractivity contribution in [3.63, 3.8) is 0 Å². The molecule has 7 heteroatoms. The van der Waals surface area contributed by atoms with E-state index in [-0.39, 0.29) is 24.3 Å². The van der Waals surface area contributed by atoms with Gasteiger partial charge in [-0.2, -0.15) is 5.10 Å². The standard InChI is InChI=1S/C23H24N4O3/c1-16-7-5-6-10-19(16)27-20(11-13-25-27)22-18(12-14-30-22)23(29)24-15-21(28)26-17-8-3-2-4-9-17/h2-11,13,18,22H,12,14-15H2,1H3,(H,24,29)(H,26,28)/t18-,22-/m0/s1. The molecule has 2 aromatic carbocycles. The first-order valence-corrected chi connectivity index (χ1v) is 9.97. The van der Waals surface area contributed by atoms with Crippen molar-refractivity contribution < 1.29 is 14.3 Å². The van der Waals surface area contributed by atoms with Gasteiger partial charge in [-0.25, -0.2) is 4.68 Å². The number of nitrogens with one attached hydrogen (secondary N) is 2. The van der Waals surface area contributed by atoms with E-state index in [0.29, 0.717) is 18.7 Å². The number of aromatic nitrogens is 2. The molecule has 154 valence electrons. The van der Waals surface area contributed by atoms with E-state index in [1.165, 1.54) is 0 Å². The summed E-state index contributed by atoms with van der Waals surface area (Å²) >= 11 is 0. The number of hydrogen-bond acceptors (Lipinski definition) is 4. The molecular formula is C23H24N4O3. The summed E-state index contributed by atoms with van der Waals surface area (Å²) in [6, 6.07) is 19.0. The van der Waals surface area contributed by atoms with Gasteiger partial charge in [-0.3, -0.25) is 9.59 Å². The molecule has 30 heavy (non-hydrogen) atoms. The van der Waals surface area contributed by atoms with Crippen LogP contribution in [0.4, 0.5) is 5.69 Å². The normalized spacial score (nSPS) is 18.2. The fraction of sp³-hybridized carbons (Fsp3) is 0.261. The molecule has 1 aliphatic heterocycles. The van der Waals surface area contributed by atoms with E-state index in [1.807, 2.05) is 60.1 Å². The summed E-state index contributed by atoms with van der Waals surface area (Å²) in [5.74, 6) is -0.845. The van der Waals surface area contributed by atoms with Crippen LogP contribution in [0.15, 0.2) is 66.9 Å². The summed E-state index contributed by atoms with van der Waals surface area (Å²) in [5.41, 5.74) is 3.56. The molecule has 0 spiro atoms. The zero-order valence-electron chi connectivity index (χ0n) is 16.7. The first kappa shape index (κ1) is 19.8. The third-order valence-corrected chi connectivity index (χ3v) is 5.22. The molecular weight excluding hydrogens is 380 g/mol. The predicted molar refractivity (Wildman–Crippen MR) is 113 cm³/mol. The lowest BCUT2D eigenvalue weighted by atomic mass is 9.97. The molecule has 2 atom stereocenters. The van der Waals surface area contributed by atoms with Crippen LogP contribution in [0.3, 0.4) is 0 Å². The van der Waals surface area contributed by atoms with Crippen molar-refractivity contribution in [2.45, 2.75) is 19.4 Å². The predicted octanol–water partition coefficient (Wildman–Crippen LogP) is 3.01. The second-order valence-corrected chi connectivity index (χ2v) is 7.27. The fourth-order valence-electron chi connectivity index (χ4n) is 3.71. The third-order valence-electron chi connectivity index (χ3n) is 5.22. The molecule has 1 aromatic heterocycles. The monoisotopic (exact) mass is 404 g/mol. The lowest BCUT2D eigenvalue weighted by Gasteiger charge is -2.20. The van der Waals surface area contributed by atoms with Gasteiger partial charge in [0.1, 0.15) is 6.10 Å². The minimum absolute atomic E-state index is 0.0893. The highest BCUT2D eigenvalue weighted by molar-refractivity contribution is 5.94. The van der Waals surface area contributed by atoms with Crippen LogP contribution < -0.4 is 10.6 Å². The Labute approximate surface area is 175 Å². The first-order chi connectivity index (χ1) is 14.6. The Morgan fingerprint density at radius 3 is 2.67 bits per heavy atom. The quantitative estimate of drug-likeness (QED) is 0.661. The van der Waals surface area contributed by atoms with Crippen LogP contribution in [-0.2, 0) is 14.3 Å². The van der Waals surface area contributed by atoms with Crippen LogP contribution in [0, 0.1) is 12.8 Å². The van der Waals surface area contributed by atoms with Gasteiger partial charge in [-0.1, -0.05) is 36.4 Å². The number of anilines is 1. The van der Waals surface area contributed by atoms with Crippen LogP contribution in [0.1, 0.15) is 23.8 Å². The number of carbonyl (C=O) groups excluding carboxylic acids is 2. The van der Waals surface area contributed by atoms with E-state index in [0.717, 1.165) is 16.9 Å². The number of hydrogen-bond donors (Lipinski definition) is 2. The van der Waals surface area contributed by atoms with E-state index in [4.69, 9.17) is 4.74 Å². The van der Waals surface area contributed by atoms with Crippen LogP contribution in [-0.4, -0.2) is 34.7 Å². The lowest BCUT2D eigenvalue weighted by Crippen LogP contribution is -2.38. The molecule has 2 amide bonds. The highest BCUT2D eigenvalue weighted by Crippen LogP contribution is 2.35. The molecule has 1 saturated heterocycles. The molecule has 0 aliphatic carbocycles. The number of aryl methyl sites for hydroxylation is 1. The Kier molecular flexibility index (Phi) is 5.90. The van der Waals surface area contributed by atoms with Gasteiger partial charge < -0.3 is 15.4 Å². The van der Waals surface area contributed by atoms with Gasteiger partial charge in [-0.15, -0.1) is 0 Å². The van der Waals surface area contributed by atoms with Gasteiger partial charge in [-0.05, 0) is 43.2 Å². The van der Waals surface area contributed by atoms with Crippen molar-refractivity contribution in [3.05, 3.63) is 78.1 Å². The van der Waals surface area contributed by atoms with Crippen LogP contribution in [0.5, 0.6) is 0 Å². The number of para-hydroxylation sites is 2. The minimum atomic E-state index is -0.413. The molecule has 0 bridgehead atoms. The summed E-state index contributed by atoms with van der Waals surface area (Å²) in [6.07, 6.45) is 1.89. The van der Waals surface area contributed by atoms with Crippen LogP contribution in [0.2, 0.25) is 0 Å². The molecule has 0 unspecified atom stereocenters. The topological polar surface area (TPSA) is 85.2 Å². The second-order valence-electron chi connectivity index (χ2n) is 7.27. The maximum atomic E-state index is 12.8. The fourth-order valence-corrected chi connectivity index (χ4v) is 3.71. The summed E-state index contributed by atoms with van der Waals surface area (Å²) in [5, 5.41) is 9.96. The Morgan fingerprint density at radius 2 is 1.87 bits per heavy atom. The van der Waals surface area contributed by atoms with Gasteiger partial charge in [0.05, 0.1) is 23.8 Å². The molecule has 4 rings (SSSR count). The number of rotatable bonds is 6. The zero-order chi connectivity index (χ0) is 20.9. The Morgan fingerprint density at radius 1 is 1.10 bits per heavy atom. The summed E-state index contributed by atoms with van der Waals surface area (Å²) in [4.78, 5) is 25.0. The van der Waals surface area contributed by atoms with E-state index in [1.54, 1.807) is 18.3 Å². The van der Waals surface area contributed by atoms with Crippen molar-refractivity contribution in [3.8, 4) is 5.69 Å². The summed E-state index contributed by atoms with van der Waals surface area (Å²) in [6.45, 7) is 2.41. The van der Waals surface area contributed by atoms with E-state index in [9.17, 15) is 9.59 Å². The molecule has 7 nitrogen and oxygen atoms in total. The lowest BCUT2D eigenvalue weighted by molar-refractivity contribution is -0.128. The van der Waals surface area contributed by atoms with E-state index in [2.05, 4.69) is 15.7 Å². The highest BCUT2D eigenvalue weighted by atomic mass is 16.5. The SMILES string of the molecule is Cc1ccccc1-n1nccc1[C@H]1OCC[C@@H]1C(=O)NCC(=O)Nc1ccccc1. The highest BCUT2D eigenvalue weighted by Gasteiger charge is 2.37. The van der Waals surface area contributed by atoms with Crippen molar-refractivity contribution in [2.75, 3.05) is 18.5 Å². The van der Waals surface area contributed by atoms with E-state index >= 15 is 0 Å². The minimum Gasteiger partial charge on any atom is -0.371 e. The maximum absolute atomic E-state index is 12.8. The Hall–Kier alpha value is -3.45. The van der Waals surface area contributed by atoms with Crippen molar-refractivity contribution in [1.29, 1.82) is 0 Å². The number of nitrogens with zero attached hydrogens (tertiary/aromatic N) is 2. The molecule has 0 saturated carbocycles. The van der Waals surface area contributed by atoms with Gasteiger partial charge in [0.25, 0.3) is 0 Å². The third kappa shape index (κ3) is 4.26. The van der Waals surface area contributed by atoms with Gasteiger partial charge >= 0.3 is 0 Å². The maximum Gasteiger partial charge on any atom is 0.243 e. The van der Waals surface area contributed by atoms with Crippen molar-refractivity contribution in [1.82, 2.24) is 15.1 Å². The largest absolute Gasteiger partial charge is 0.371 e. The van der Waals surface area contributed by atoms with Gasteiger partial charge in [0, 0.05) is 18.5 Å². The first-order valence-electron chi connectivity index (χ1n) is 9.97. The van der Waals surface area contributed by atoms with E-state index < -0.39 is 6.10 Å². The molecule has 3 aromatic rings. The number of ether oxygens (including phenoxy) is 1. The Balaban J connectivity index is 1.43. The molecule has 2 N–H and O–H groups in total. The average molecular weight is 404 g/mol. The van der Waals surface area contributed by atoms with Gasteiger partial charge in [0.15, 0.2) is 0 Å². The van der Waals surface area contributed by atoms with Crippen molar-refractivity contribution >= 4 is 17.5 Å². The van der Waals surface area contributed by atoms with Crippen molar-refractivity contribution in [2.24, 2.45) is 5.92 Å². The second kappa shape index (κ2) is 8.92. The Bertz CT molecular complexity index is 1030. The molecule has 1 fully saturated rings. The number of carbonyl (C=O) groups is 2. The number of benzene rings is 2.